The largest absolute Gasteiger partial charge is 0.357 e. The van der Waals surface area contributed by atoms with E-state index in [-0.39, 0.29) is 24.0 Å². The molecule has 22 heavy (non-hydrogen) atoms. The molecule has 0 aliphatic heterocycles. The van der Waals surface area contributed by atoms with Crippen LogP contribution in [0.1, 0.15) is 46.0 Å². The lowest BCUT2D eigenvalue weighted by atomic mass is 10.2. The zero-order valence-corrected chi connectivity index (χ0v) is 17.5. The van der Waals surface area contributed by atoms with Crippen molar-refractivity contribution in [3.05, 3.63) is 0 Å². The van der Waals surface area contributed by atoms with E-state index in [1.54, 1.807) is 0 Å². The molecule has 130 valence electrons. The van der Waals surface area contributed by atoms with Gasteiger partial charge >= 0.3 is 0 Å². The number of thioether (sulfide) groups is 1. The molecule has 2 fully saturated rings. The van der Waals surface area contributed by atoms with E-state index < -0.39 is 0 Å². The molecule has 0 amide bonds. The number of hydrogen-bond donors (Lipinski definition) is 2. The van der Waals surface area contributed by atoms with Crippen molar-refractivity contribution in [2.45, 2.75) is 63.3 Å². The molecule has 0 radical (unpaired) electrons. The SMILES string of the molecule is CCNC(=NCCN(CC)C1CC1)NC1CCC(SC)C1.I. The van der Waals surface area contributed by atoms with E-state index in [0.717, 1.165) is 43.4 Å². The Morgan fingerprint density at radius 3 is 2.55 bits per heavy atom. The molecule has 6 heteroatoms. The number of aliphatic imine (C=N–C) groups is 1. The third kappa shape index (κ3) is 6.83. The minimum Gasteiger partial charge on any atom is -0.357 e. The van der Waals surface area contributed by atoms with Gasteiger partial charge in [0.25, 0.3) is 0 Å². The first kappa shape index (κ1) is 20.4. The zero-order valence-electron chi connectivity index (χ0n) is 14.3. The predicted molar refractivity (Wildman–Crippen MR) is 110 cm³/mol. The van der Waals surface area contributed by atoms with Crippen LogP contribution in [0, 0.1) is 0 Å². The molecule has 2 aliphatic carbocycles. The maximum Gasteiger partial charge on any atom is 0.191 e. The molecular formula is C16H33IN4S. The van der Waals surface area contributed by atoms with Gasteiger partial charge in [-0.25, -0.2) is 0 Å². The van der Waals surface area contributed by atoms with Crippen molar-refractivity contribution in [3.63, 3.8) is 0 Å². The second kappa shape index (κ2) is 11.0. The number of rotatable bonds is 8. The second-order valence-electron chi connectivity index (χ2n) is 6.13. The van der Waals surface area contributed by atoms with Crippen molar-refractivity contribution in [3.8, 4) is 0 Å². The van der Waals surface area contributed by atoms with Crippen LogP contribution in [0.15, 0.2) is 4.99 Å². The molecule has 0 aromatic carbocycles. The predicted octanol–water partition coefficient (Wildman–Crippen LogP) is 2.93. The van der Waals surface area contributed by atoms with Crippen LogP contribution in [0.2, 0.25) is 0 Å². The van der Waals surface area contributed by atoms with Gasteiger partial charge in [-0.05, 0) is 51.8 Å². The molecule has 2 atom stereocenters. The fraction of sp³-hybridized carbons (Fsp3) is 0.938. The number of hydrogen-bond acceptors (Lipinski definition) is 3. The Kier molecular flexibility index (Phi) is 10.1. The Morgan fingerprint density at radius 2 is 2.00 bits per heavy atom. The summed E-state index contributed by atoms with van der Waals surface area (Å²) < 4.78 is 0. The quantitative estimate of drug-likeness (QED) is 0.346. The highest BCUT2D eigenvalue weighted by Gasteiger charge is 2.27. The Bertz CT molecular complexity index is 336. The fourth-order valence-electron chi connectivity index (χ4n) is 3.13. The van der Waals surface area contributed by atoms with Crippen LogP contribution >= 0.6 is 35.7 Å². The Hall–Kier alpha value is 0.310. The molecule has 0 aromatic rings. The van der Waals surface area contributed by atoms with Crippen molar-refractivity contribution in [2.24, 2.45) is 4.99 Å². The molecular weight excluding hydrogens is 407 g/mol. The average Bonchev–Trinajstić information content (AvgIpc) is 3.23. The lowest BCUT2D eigenvalue weighted by Crippen LogP contribution is -2.43. The first-order valence-electron chi connectivity index (χ1n) is 8.58. The van der Waals surface area contributed by atoms with E-state index in [0.29, 0.717) is 6.04 Å². The molecule has 2 aliphatic rings. The van der Waals surface area contributed by atoms with Crippen molar-refractivity contribution in [2.75, 3.05) is 32.4 Å². The maximum absolute atomic E-state index is 4.77. The van der Waals surface area contributed by atoms with Gasteiger partial charge in [0.2, 0.25) is 0 Å². The van der Waals surface area contributed by atoms with Gasteiger partial charge in [0.05, 0.1) is 6.54 Å². The minimum absolute atomic E-state index is 0. The number of likely N-dealkylation sites (N-methyl/N-ethyl adjacent to an activating group) is 1. The van der Waals surface area contributed by atoms with Crippen LogP contribution in [0.4, 0.5) is 0 Å². The van der Waals surface area contributed by atoms with Gasteiger partial charge in [0.15, 0.2) is 5.96 Å². The Morgan fingerprint density at radius 1 is 1.23 bits per heavy atom. The molecule has 0 spiro atoms. The zero-order chi connectivity index (χ0) is 15.1. The lowest BCUT2D eigenvalue weighted by Gasteiger charge is -2.20. The first-order chi connectivity index (χ1) is 10.3. The second-order valence-corrected chi connectivity index (χ2v) is 7.27. The van der Waals surface area contributed by atoms with E-state index in [9.17, 15) is 0 Å². The van der Waals surface area contributed by atoms with Crippen molar-refractivity contribution in [1.82, 2.24) is 15.5 Å². The van der Waals surface area contributed by atoms with Crippen molar-refractivity contribution < 1.29 is 0 Å². The third-order valence-corrected chi connectivity index (χ3v) is 5.62. The summed E-state index contributed by atoms with van der Waals surface area (Å²) in [6, 6.07) is 1.45. The van der Waals surface area contributed by atoms with Crippen LogP contribution in [-0.4, -0.2) is 60.6 Å². The van der Waals surface area contributed by atoms with Gasteiger partial charge < -0.3 is 10.6 Å². The first-order valence-corrected chi connectivity index (χ1v) is 9.87. The minimum atomic E-state index is 0. The maximum atomic E-state index is 4.77. The van der Waals surface area contributed by atoms with E-state index in [2.05, 4.69) is 35.6 Å². The van der Waals surface area contributed by atoms with E-state index in [1.807, 2.05) is 11.8 Å². The highest BCUT2D eigenvalue weighted by molar-refractivity contribution is 14.0. The topological polar surface area (TPSA) is 39.7 Å². The van der Waals surface area contributed by atoms with Gasteiger partial charge in [-0.1, -0.05) is 6.92 Å². The molecule has 0 aromatic heterocycles. The summed E-state index contributed by atoms with van der Waals surface area (Å²) in [4.78, 5) is 7.33. The van der Waals surface area contributed by atoms with E-state index >= 15 is 0 Å². The van der Waals surface area contributed by atoms with Crippen molar-refractivity contribution in [1.29, 1.82) is 0 Å². The highest BCUT2D eigenvalue weighted by Crippen LogP contribution is 2.28. The Labute approximate surface area is 157 Å². The van der Waals surface area contributed by atoms with Crippen LogP contribution in [-0.2, 0) is 0 Å². The van der Waals surface area contributed by atoms with Gasteiger partial charge in [0, 0.05) is 30.4 Å². The van der Waals surface area contributed by atoms with Gasteiger partial charge in [-0.2, -0.15) is 11.8 Å². The van der Waals surface area contributed by atoms with Gasteiger partial charge in [-0.3, -0.25) is 9.89 Å². The molecule has 2 N–H and O–H groups in total. The van der Waals surface area contributed by atoms with Crippen LogP contribution < -0.4 is 10.6 Å². The summed E-state index contributed by atoms with van der Waals surface area (Å²) in [5, 5.41) is 7.85. The summed E-state index contributed by atoms with van der Waals surface area (Å²) in [7, 11) is 0. The van der Waals surface area contributed by atoms with Crippen LogP contribution in [0.25, 0.3) is 0 Å². The van der Waals surface area contributed by atoms with Gasteiger partial charge in [-0.15, -0.1) is 24.0 Å². The summed E-state index contributed by atoms with van der Waals surface area (Å²) in [5.41, 5.74) is 0. The normalized spacial score (nSPS) is 25.2. The number of nitrogens with one attached hydrogen (secondary N) is 2. The molecule has 0 saturated heterocycles. The Balaban J connectivity index is 0.00000242. The van der Waals surface area contributed by atoms with Crippen LogP contribution in [0.5, 0.6) is 0 Å². The van der Waals surface area contributed by atoms with Crippen molar-refractivity contribution >= 4 is 41.7 Å². The molecule has 2 unspecified atom stereocenters. The molecule has 2 saturated carbocycles. The summed E-state index contributed by atoms with van der Waals surface area (Å²) in [6.45, 7) is 8.48. The summed E-state index contributed by atoms with van der Waals surface area (Å²) in [5.74, 6) is 1.01. The van der Waals surface area contributed by atoms with E-state index in [1.165, 1.54) is 32.1 Å². The highest BCUT2D eigenvalue weighted by atomic mass is 127. The summed E-state index contributed by atoms with van der Waals surface area (Å²) >= 11 is 2.00. The molecule has 0 bridgehead atoms. The van der Waals surface area contributed by atoms with E-state index in [4.69, 9.17) is 4.99 Å². The molecule has 2 rings (SSSR count). The monoisotopic (exact) mass is 440 g/mol. The number of nitrogens with zero attached hydrogens (tertiary/aromatic N) is 2. The standard InChI is InChI=1S/C16H32N4S.HI/c1-4-17-16(19-13-6-9-15(12-13)21-3)18-10-11-20(5-2)14-7-8-14;/h13-15H,4-12H2,1-3H3,(H2,17,18,19);1H. The number of halogens is 1. The fourth-order valence-corrected chi connectivity index (χ4v) is 3.92. The molecule has 4 nitrogen and oxygen atoms in total. The van der Waals surface area contributed by atoms with Gasteiger partial charge in [0.1, 0.15) is 0 Å². The molecule has 0 heterocycles. The lowest BCUT2D eigenvalue weighted by molar-refractivity contribution is 0.286. The average molecular weight is 440 g/mol. The smallest absolute Gasteiger partial charge is 0.191 e. The number of guanidine groups is 1. The summed E-state index contributed by atoms with van der Waals surface area (Å²) in [6.07, 6.45) is 8.88. The third-order valence-electron chi connectivity index (χ3n) is 4.53. The van der Waals surface area contributed by atoms with Crippen LogP contribution in [0.3, 0.4) is 0 Å².